The summed E-state index contributed by atoms with van der Waals surface area (Å²) < 4.78 is 10.9. The molecule has 1 aromatic rings. The number of aliphatic imine (C=N–C) groups is 1. The van der Waals surface area contributed by atoms with Crippen molar-refractivity contribution in [3.05, 3.63) is 29.8 Å². The van der Waals surface area contributed by atoms with Crippen molar-refractivity contribution >= 4 is 11.9 Å². The molecule has 1 heterocycles. The molecule has 6 nitrogen and oxygen atoms in total. The first-order valence-electron chi connectivity index (χ1n) is 10.0. The van der Waals surface area contributed by atoms with E-state index in [0.29, 0.717) is 13.2 Å². The number of hydrogen-bond donors (Lipinski definition) is 1. The number of benzene rings is 1. The van der Waals surface area contributed by atoms with Crippen molar-refractivity contribution in [2.45, 2.75) is 46.1 Å². The zero-order valence-electron chi connectivity index (χ0n) is 16.9. The lowest BCUT2D eigenvalue weighted by atomic mass is 9.97. The summed E-state index contributed by atoms with van der Waals surface area (Å²) in [6.45, 7) is 7.52. The Kier molecular flexibility index (Phi) is 8.95. The standard InChI is InChI=1S/C21H33N3O3/c1-4-6-14-27-19-9-7-8-17(15-19)16-23-21(22-3)24-12-10-18(11-13-24)20(25)26-5-2/h7-9,15,18H,4-6,10-14,16H2,1-3H3,(H,22,23). The van der Waals surface area contributed by atoms with Gasteiger partial charge in [-0.05, 0) is 43.9 Å². The van der Waals surface area contributed by atoms with Gasteiger partial charge in [-0.2, -0.15) is 0 Å². The number of rotatable bonds is 8. The van der Waals surface area contributed by atoms with Gasteiger partial charge in [-0.3, -0.25) is 9.79 Å². The molecule has 27 heavy (non-hydrogen) atoms. The largest absolute Gasteiger partial charge is 0.494 e. The number of unbranched alkanes of at least 4 members (excludes halogenated alkanes) is 1. The van der Waals surface area contributed by atoms with E-state index in [9.17, 15) is 4.79 Å². The third kappa shape index (κ3) is 6.77. The topological polar surface area (TPSA) is 63.2 Å². The van der Waals surface area contributed by atoms with Crippen molar-refractivity contribution in [2.24, 2.45) is 10.9 Å². The van der Waals surface area contributed by atoms with E-state index in [1.807, 2.05) is 19.1 Å². The van der Waals surface area contributed by atoms with Crippen LogP contribution in [0, 0.1) is 5.92 Å². The third-order valence-electron chi connectivity index (χ3n) is 4.74. The van der Waals surface area contributed by atoms with Crippen LogP contribution in [0.15, 0.2) is 29.3 Å². The van der Waals surface area contributed by atoms with Crippen LogP contribution >= 0.6 is 0 Å². The van der Waals surface area contributed by atoms with Crippen LogP contribution in [0.5, 0.6) is 5.75 Å². The average Bonchev–Trinajstić information content (AvgIpc) is 2.70. The second-order valence-corrected chi connectivity index (χ2v) is 6.76. The van der Waals surface area contributed by atoms with Crippen LogP contribution in [-0.4, -0.2) is 50.2 Å². The van der Waals surface area contributed by atoms with Gasteiger partial charge in [-0.15, -0.1) is 0 Å². The van der Waals surface area contributed by atoms with Crippen LogP contribution in [0.3, 0.4) is 0 Å². The van der Waals surface area contributed by atoms with E-state index in [0.717, 1.165) is 62.7 Å². The fourth-order valence-electron chi connectivity index (χ4n) is 3.18. The minimum absolute atomic E-state index is 0.0104. The summed E-state index contributed by atoms with van der Waals surface area (Å²) in [5, 5.41) is 3.42. The Bertz CT molecular complexity index is 610. The lowest BCUT2D eigenvalue weighted by Crippen LogP contribution is -2.46. The fourth-order valence-corrected chi connectivity index (χ4v) is 3.18. The number of nitrogens with zero attached hydrogens (tertiary/aromatic N) is 2. The predicted octanol–water partition coefficient (Wildman–Crippen LogP) is 3.22. The maximum Gasteiger partial charge on any atom is 0.309 e. The molecular weight excluding hydrogens is 342 g/mol. The first-order valence-corrected chi connectivity index (χ1v) is 10.0. The molecule has 150 valence electrons. The number of hydrogen-bond acceptors (Lipinski definition) is 4. The van der Waals surface area contributed by atoms with Gasteiger partial charge < -0.3 is 19.7 Å². The van der Waals surface area contributed by atoms with E-state index in [4.69, 9.17) is 9.47 Å². The van der Waals surface area contributed by atoms with E-state index in [2.05, 4.69) is 34.3 Å². The highest BCUT2D eigenvalue weighted by Gasteiger charge is 2.27. The van der Waals surface area contributed by atoms with Crippen molar-refractivity contribution in [3.8, 4) is 5.75 Å². The Morgan fingerprint density at radius 2 is 2.07 bits per heavy atom. The first kappa shape index (κ1) is 21.1. The second kappa shape index (κ2) is 11.5. The van der Waals surface area contributed by atoms with Crippen molar-refractivity contribution in [3.63, 3.8) is 0 Å². The summed E-state index contributed by atoms with van der Waals surface area (Å²) >= 11 is 0. The molecule has 0 amide bonds. The summed E-state index contributed by atoms with van der Waals surface area (Å²) in [4.78, 5) is 18.5. The molecular formula is C21H33N3O3. The van der Waals surface area contributed by atoms with E-state index in [-0.39, 0.29) is 11.9 Å². The quantitative estimate of drug-likeness (QED) is 0.327. The summed E-state index contributed by atoms with van der Waals surface area (Å²) in [6.07, 6.45) is 3.81. The lowest BCUT2D eigenvalue weighted by molar-refractivity contribution is -0.149. The van der Waals surface area contributed by atoms with Crippen molar-refractivity contribution in [1.82, 2.24) is 10.2 Å². The molecule has 6 heteroatoms. The van der Waals surface area contributed by atoms with Gasteiger partial charge in [-0.1, -0.05) is 25.5 Å². The lowest BCUT2D eigenvalue weighted by Gasteiger charge is -2.33. The number of ether oxygens (including phenoxy) is 2. The van der Waals surface area contributed by atoms with Crippen LogP contribution < -0.4 is 10.1 Å². The Labute approximate surface area is 162 Å². The molecule has 2 rings (SSSR count). The Balaban J connectivity index is 1.82. The Morgan fingerprint density at radius 3 is 2.74 bits per heavy atom. The molecule has 0 aliphatic carbocycles. The molecule has 0 radical (unpaired) electrons. The van der Waals surface area contributed by atoms with E-state index in [1.54, 1.807) is 7.05 Å². The van der Waals surface area contributed by atoms with Crippen LogP contribution in [0.4, 0.5) is 0 Å². The second-order valence-electron chi connectivity index (χ2n) is 6.76. The van der Waals surface area contributed by atoms with E-state index < -0.39 is 0 Å². The van der Waals surface area contributed by atoms with Gasteiger partial charge in [0, 0.05) is 26.7 Å². The van der Waals surface area contributed by atoms with E-state index in [1.165, 1.54) is 0 Å². The van der Waals surface area contributed by atoms with Gasteiger partial charge in [0.1, 0.15) is 5.75 Å². The molecule has 1 aliphatic rings. The van der Waals surface area contributed by atoms with E-state index >= 15 is 0 Å². The number of guanidine groups is 1. The van der Waals surface area contributed by atoms with Gasteiger partial charge in [-0.25, -0.2) is 0 Å². The Morgan fingerprint density at radius 1 is 1.30 bits per heavy atom. The fraction of sp³-hybridized carbons (Fsp3) is 0.619. The first-order chi connectivity index (χ1) is 13.2. The van der Waals surface area contributed by atoms with Crippen molar-refractivity contribution in [2.75, 3.05) is 33.4 Å². The zero-order chi connectivity index (χ0) is 19.5. The summed E-state index contributed by atoms with van der Waals surface area (Å²) in [5.74, 6) is 1.72. The maximum atomic E-state index is 11.9. The summed E-state index contributed by atoms with van der Waals surface area (Å²) in [6, 6.07) is 8.17. The molecule has 0 spiro atoms. The summed E-state index contributed by atoms with van der Waals surface area (Å²) in [5.41, 5.74) is 1.16. The molecule has 0 aromatic heterocycles. The predicted molar refractivity (Wildman–Crippen MR) is 108 cm³/mol. The molecule has 0 bridgehead atoms. The highest BCUT2D eigenvalue weighted by atomic mass is 16.5. The third-order valence-corrected chi connectivity index (χ3v) is 4.74. The molecule has 1 N–H and O–H groups in total. The monoisotopic (exact) mass is 375 g/mol. The normalized spacial score (nSPS) is 15.5. The molecule has 0 unspecified atom stereocenters. The molecule has 1 fully saturated rings. The maximum absolute atomic E-state index is 11.9. The van der Waals surface area contributed by atoms with Crippen LogP contribution in [0.2, 0.25) is 0 Å². The number of esters is 1. The minimum Gasteiger partial charge on any atom is -0.494 e. The smallest absolute Gasteiger partial charge is 0.309 e. The van der Waals surface area contributed by atoms with Gasteiger partial charge >= 0.3 is 5.97 Å². The molecule has 0 saturated carbocycles. The average molecular weight is 376 g/mol. The summed E-state index contributed by atoms with van der Waals surface area (Å²) in [7, 11) is 1.80. The molecule has 0 atom stereocenters. The van der Waals surface area contributed by atoms with Crippen molar-refractivity contribution in [1.29, 1.82) is 0 Å². The number of carbonyl (C=O) groups excluding carboxylic acids is 1. The number of nitrogens with one attached hydrogen (secondary N) is 1. The molecule has 1 saturated heterocycles. The van der Waals surface area contributed by atoms with Crippen LogP contribution in [0.25, 0.3) is 0 Å². The van der Waals surface area contributed by atoms with Gasteiger partial charge in [0.2, 0.25) is 0 Å². The van der Waals surface area contributed by atoms with Gasteiger partial charge in [0.15, 0.2) is 5.96 Å². The van der Waals surface area contributed by atoms with Gasteiger partial charge in [0.05, 0.1) is 19.1 Å². The SMILES string of the molecule is CCCCOc1cccc(CNC(=NC)N2CCC(C(=O)OCC)CC2)c1. The number of piperidine rings is 1. The minimum atomic E-state index is -0.0695. The highest BCUT2D eigenvalue weighted by molar-refractivity contribution is 5.80. The van der Waals surface area contributed by atoms with Crippen molar-refractivity contribution < 1.29 is 14.3 Å². The van der Waals surface area contributed by atoms with Crippen LogP contribution in [0.1, 0.15) is 45.1 Å². The number of carbonyl (C=O) groups is 1. The zero-order valence-corrected chi connectivity index (χ0v) is 16.9. The number of likely N-dealkylation sites (tertiary alicyclic amines) is 1. The highest BCUT2D eigenvalue weighted by Crippen LogP contribution is 2.19. The van der Waals surface area contributed by atoms with Gasteiger partial charge in [0.25, 0.3) is 0 Å². The molecule has 1 aliphatic heterocycles. The molecule has 1 aromatic carbocycles. The Hall–Kier alpha value is -2.24. The van der Waals surface area contributed by atoms with Crippen LogP contribution in [-0.2, 0) is 16.1 Å².